The van der Waals surface area contributed by atoms with Crippen LogP contribution in [0.3, 0.4) is 0 Å². The van der Waals surface area contributed by atoms with Crippen LogP contribution in [0.1, 0.15) is 13.8 Å². The highest BCUT2D eigenvalue weighted by atomic mass is 15.0. The SMILES string of the molecule is CC.Cn1c2ccncc2c2ccc(-c3ccncc3)nc21. The van der Waals surface area contributed by atoms with E-state index in [0.29, 0.717) is 0 Å². The molecule has 0 bridgehead atoms. The van der Waals surface area contributed by atoms with Crippen molar-refractivity contribution in [1.29, 1.82) is 0 Å². The molecule has 4 heterocycles. The Morgan fingerprint density at radius 2 is 1.55 bits per heavy atom. The molecule has 0 spiro atoms. The van der Waals surface area contributed by atoms with Gasteiger partial charge >= 0.3 is 0 Å². The van der Waals surface area contributed by atoms with E-state index in [2.05, 4.69) is 20.6 Å². The molecule has 4 rings (SSSR count). The van der Waals surface area contributed by atoms with Crippen LogP contribution >= 0.6 is 0 Å². The summed E-state index contributed by atoms with van der Waals surface area (Å²) in [5.41, 5.74) is 4.15. The van der Waals surface area contributed by atoms with Gasteiger partial charge in [-0.2, -0.15) is 0 Å². The van der Waals surface area contributed by atoms with Gasteiger partial charge in [0.05, 0.1) is 11.2 Å². The minimum Gasteiger partial charge on any atom is -0.328 e. The Bertz CT molecular complexity index is 910. The highest BCUT2D eigenvalue weighted by Crippen LogP contribution is 2.28. The highest BCUT2D eigenvalue weighted by molar-refractivity contribution is 6.06. The summed E-state index contributed by atoms with van der Waals surface area (Å²) < 4.78 is 2.11. The van der Waals surface area contributed by atoms with E-state index in [1.165, 1.54) is 0 Å². The second-order valence-electron chi connectivity index (χ2n) is 4.76. The molecule has 4 nitrogen and oxygen atoms in total. The zero-order valence-electron chi connectivity index (χ0n) is 13.0. The largest absolute Gasteiger partial charge is 0.328 e. The van der Waals surface area contributed by atoms with Crippen molar-refractivity contribution in [3.05, 3.63) is 55.1 Å². The van der Waals surface area contributed by atoms with Crippen LogP contribution in [0.5, 0.6) is 0 Å². The van der Waals surface area contributed by atoms with Crippen LogP contribution in [0.4, 0.5) is 0 Å². The van der Waals surface area contributed by atoms with E-state index in [4.69, 9.17) is 4.98 Å². The van der Waals surface area contributed by atoms with E-state index in [-0.39, 0.29) is 0 Å². The van der Waals surface area contributed by atoms with Gasteiger partial charge in [-0.3, -0.25) is 9.97 Å². The van der Waals surface area contributed by atoms with Gasteiger partial charge in [0.15, 0.2) is 0 Å². The maximum absolute atomic E-state index is 4.79. The molecule has 4 heteroatoms. The first kappa shape index (κ1) is 14.2. The lowest BCUT2D eigenvalue weighted by atomic mass is 10.1. The van der Waals surface area contributed by atoms with E-state index < -0.39 is 0 Å². The van der Waals surface area contributed by atoms with Crippen molar-refractivity contribution >= 4 is 21.9 Å². The smallest absolute Gasteiger partial charge is 0.141 e. The van der Waals surface area contributed by atoms with Crippen molar-refractivity contribution in [2.75, 3.05) is 0 Å². The molecule has 0 amide bonds. The molecule has 4 aromatic heterocycles. The fourth-order valence-electron chi connectivity index (χ4n) is 2.60. The topological polar surface area (TPSA) is 43.6 Å². The molecule has 0 saturated carbocycles. The monoisotopic (exact) mass is 290 g/mol. The van der Waals surface area contributed by atoms with E-state index >= 15 is 0 Å². The minimum absolute atomic E-state index is 0.957. The van der Waals surface area contributed by atoms with Crippen molar-refractivity contribution in [2.45, 2.75) is 13.8 Å². The number of hydrogen-bond donors (Lipinski definition) is 0. The molecule has 0 fully saturated rings. The first-order chi connectivity index (χ1) is 10.8. The minimum atomic E-state index is 0.957. The Balaban J connectivity index is 0.000000693. The number of aromatic nitrogens is 4. The van der Waals surface area contributed by atoms with Crippen LogP contribution < -0.4 is 0 Å². The molecular weight excluding hydrogens is 272 g/mol. The Labute approximate surface area is 129 Å². The number of nitrogens with zero attached hydrogens (tertiary/aromatic N) is 4. The van der Waals surface area contributed by atoms with Crippen molar-refractivity contribution in [2.24, 2.45) is 7.05 Å². The first-order valence-electron chi connectivity index (χ1n) is 7.44. The van der Waals surface area contributed by atoms with Gasteiger partial charge in [-0.15, -0.1) is 0 Å². The number of fused-ring (bicyclic) bond motifs is 3. The van der Waals surface area contributed by atoms with Crippen LogP contribution in [0.15, 0.2) is 55.1 Å². The molecule has 0 radical (unpaired) electrons. The summed E-state index contributed by atoms with van der Waals surface area (Å²) >= 11 is 0. The van der Waals surface area contributed by atoms with Gasteiger partial charge in [0.2, 0.25) is 0 Å². The Hall–Kier alpha value is -2.75. The van der Waals surface area contributed by atoms with Gasteiger partial charge in [-0.05, 0) is 30.3 Å². The number of pyridine rings is 3. The molecule has 0 aliphatic carbocycles. The molecule has 0 aliphatic rings. The fourth-order valence-corrected chi connectivity index (χ4v) is 2.60. The molecular formula is C18H18N4. The zero-order valence-corrected chi connectivity index (χ0v) is 13.0. The Morgan fingerprint density at radius 3 is 2.32 bits per heavy atom. The van der Waals surface area contributed by atoms with Crippen LogP contribution in [-0.2, 0) is 7.05 Å². The molecule has 0 aliphatic heterocycles. The number of hydrogen-bond acceptors (Lipinski definition) is 3. The second kappa shape index (κ2) is 5.93. The summed E-state index contributed by atoms with van der Waals surface area (Å²) in [5.74, 6) is 0. The van der Waals surface area contributed by atoms with Gasteiger partial charge in [-0.1, -0.05) is 13.8 Å². The molecule has 110 valence electrons. The molecule has 0 aromatic carbocycles. The zero-order chi connectivity index (χ0) is 15.5. The summed E-state index contributed by atoms with van der Waals surface area (Å²) in [6, 6.07) is 10.1. The van der Waals surface area contributed by atoms with Crippen molar-refractivity contribution in [3.63, 3.8) is 0 Å². The third-order valence-corrected chi connectivity index (χ3v) is 3.62. The van der Waals surface area contributed by atoms with Gasteiger partial charge in [0.1, 0.15) is 5.65 Å². The lowest BCUT2D eigenvalue weighted by Crippen LogP contribution is -1.91. The van der Waals surface area contributed by atoms with Gasteiger partial charge in [0, 0.05) is 48.2 Å². The van der Waals surface area contributed by atoms with Crippen molar-refractivity contribution in [1.82, 2.24) is 19.5 Å². The van der Waals surface area contributed by atoms with Gasteiger partial charge in [0.25, 0.3) is 0 Å². The summed E-state index contributed by atoms with van der Waals surface area (Å²) in [7, 11) is 2.04. The molecule has 0 N–H and O–H groups in total. The van der Waals surface area contributed by atoms with E-state index in [9.17, 15) is 0 Å². The average molecular weight is 290 g/mol. The van der Waals surface area contributed by atoms with Crippen molar-refractivity contribution in [3.8, 4) is 11.3 Å². The van der Waals surface area contributed by atoms with Crippen LogP contribution in [0, 0.1) is 0 Å². The lowest BCUT2D eigenvalue weighted by Gasteiger charge is -2.02. The fraction of sp³-hybridized carbons (Fsp3) is 0.167. The number of rotatable bonds is 1. The Kier molecular flexibility index (Phi) is 3.83. The molecule has 22 heavy (non-hydrogen) atoms. The maximum atomic E-state index is 4.79. The van der Waals surface area contributed by atoms with Crippen LogP contribution in [0.25, 0.3) is 33.2 Å². The third-order valence-electron chi connectivity index (χ3n) is 3.62. The first-order valence-corrected chi connectivity index (χ1v) is 7.44. The van der Waals surface area contributed by atoms with Crippen molar-refractivity contribution < 1.29 is 0 Å². The predicted octanol–water partition coefficient (Wildman–Crippen LogP) is 4.21. The summed E-state index contributed by atoms with van der Waals surface area (Å²) in [4.78, 5) is 13.0. The quantitative estimate of drug-likeness (QED) is 0.527. The van der Waals surface area contributed by atoms with Crippen LogP contribution in [-0.4, -0.2) is 19.5 Å². The summed E-state index contributed by atoms with van der Waals surface area (Å²) in [6.07, 6.45) is 7.27. The second-order valence-corrected chi connectivity index (χ2v) is 4.76. The average Bonchev–Trinajstić information content (AvgIpc) is 2.90. The molecule has 0 saturated heterocycles. The lowest BCUT2D eigenvalue weighted by molar-refractivity contribution is 0.989. The normalized spacial score (nSPS) is 10.5. The van der Waals surface area contributed by atoms with E-state index in [1.54, 1.807) is 12.4 Å². The summed E-state index contributed by atoms with van der Waals surface area (Å²) in [5, 5.41) is 2.27. The molecule has 4 aromatic rings. The Morgan fingerprint density at radius 1 is 0.818 bits per heavy atom. The summed E-state index contributed by atoms with van der Waals surface area (Å²) in [6.45, 7) is 4.00. The maximum Gasteiger partial charge on any atom is 0.141 e. The molecule has 0 unspecified atom stereocenters. The molecule has 0 atom stereocenters. The third kappa shape index (κ3) is 2.22. The number of aryl methyl sites for hydroxylation is 1. The van der Waals surface area contributed by atoms with Crippen LogP contribution in [0.2, 0.25) is 0 Å². The van der Waals surface area contributed by atoms with Gasteiger partial charge in [-0.25, -0.2) is 4.98 Å². The van der Waals surface area contributed by atoms with Gasteiger partial charge < -0.3 is 4.57 Å². The predicted molar refractivity (Wildman–Crippen MR) is 90.6 cm³/mol. The van der Waals surface area contributed by atoms with E-state index in [0.717, 1.165) is 33.2 Å². The standard InChI is InChI=1S/C16H12N4.C2H6/c1-20-15-6-9-18-10-13(15)12-2-3-14(19-16(12)20)11-4-7-17-8-5-11;1-2/h2-10H,1H3;1-2H3. The highest BCUT2D eigenvalue weighted by Gasteiger charge is 2.10. The van der Waals surface area contributed by atoms with E-state index in [1.807, 2.05) is 57.6 Å².